The molecule has 0 unspecified atom stereocenters. The van der Waals surface area contributed by atoms with Gasteiger partial charge in [-0.3, -0.25) is 14.5 Å². The maximum absolute atomic E-state index is 12.6. The van der Waals surface area contributed by atoms with E-state index in [4.69, 9.17) is 4.74 Å². The average Bonchev–Trinajstić information content (AvgIpc) is 2.65. The fraction of sp³-hybridized carbons (Fsp3) is 0.545. The second kappa shape index (κ2) is 8.35. The van der Waals surface area contributed by atoms with Crippen LogP contribution in [0.3, 0.4) is 0 Å². The van der Waals surface area contributed by atoms with Gasteiger partial charge < -0.3 is 14.6 Å². The second-order valence-electron chi connectivity index (χ2n) is 8.79. The number of ether oxygens (including phenoxy) is 1. The van der Waals surface area contributed by atoms with Gasteiger partial charge in [0.25, 0.3) is 5.56 Å². The smallest absolute Gasteiger partial charge is 0.251 e. The average molecular weight is 386 g/mol. The molecular weight excluding hydrogens is 354 g/mol. The van der Waals surface area contributed by atoms with E-state index in [1.807, 2.05) is 29.2 Å². The van der Waals surface area contributed by atoms with Crippen molar-refractivity contribution in [3.05, 3.63) is 40.2 Å². The van der Waals surface area contributed by atoms with Gasteiger partial charge in [-0.05, 0) is 35.4 Å². The zero-order valence-corrected chi connectivity index (χ0v) is 17.4. The van der Waals surface area contributed by atoms with E-state index in [2.05, 4.69) is 30.7 Å². The summed E-state index contributed by atoms with van der Waals surface area (Å²) < 4.78 is 5.20. The van der Waals surface area contributed by atoms with Gasteiger partial charge in [0.15, 0.2) is 0 Å². The number of amides is 1. The standard InChI is InChI=1S/C22H31N3O3/c1-22(2,3)15-24-9-11-25(12-10-24)20(26)8-6-17-13-16-5-7-18(28-4)14-19(16)23-21(17)27/h5,7,13-14H,6,8-12,15H2,1-4H3,(H,23,27). The highest BCUT2D eigenvalue weighted by atomic mass is 16.5. The SMILES string of the molecule is COc1ccc2cc(CCC(=O)N3CCN(CC(C)(C)C)CC3)c(=O)[nH]c2c1. The molecule has 1 aliphatic heterocycles. The molecule has 2 aromatic rings. The van der Waals surface area contributed by atoms with Crippen LogP contribution < -0.4 is 10.3 Å². The van der Waals surface area contributed by atoms with Crippen molar-refractivity contribution in [2.45, 2.75) is 33.6 Å². The van der Waals surface area contributed by atoms with Gasteiger partial charge in [-0.25, -0.2) is 0 Å². The highest BCUT2D eigenvalue weighted by Crippen LogP contribution is 2.19. The predicted octanol–water partition coefficient (Wildman–Crippen LogP) is 2.66. The van der Waals surface area contributed by atoms with E-state index in [0.717, 1.165) is 43.6 Å². The van der Waals surface area contributed by atoms with E-state index in [1.54, 1.807) is 7.11 Å². The molecule has 1 aliphatic rings. The van der Waals surface area contributed by atoms with Gasteiger partial charge in [0, 0.05) is 50.8 Å². The summed E-state index contributed by atoms with van der Waals surface area (Å²) >= 11 is 0. The van der Waals surface area contributed by atoms with Gasteiger partial charge >= 0.3 is 0 Å². The lowest BCUT2D eigenvalue weighted by atomic mass is 9.96. The summed E-state index contributed by atoms with van der Waals surface area (Å²) in [5, 5.41) is 0.943. The number of rotatable bonds is 5. The van der Waals surface area contributed by atoms with E-state index in [-0.39, 0.29) is 16.9 Å². The Morgan fingerprint density at radius 2 is 1.86 bits per heavy atom. The Morgan fingerprint density at radius 1 is 1.14 bits per heavy atom. The fourth-order valence-electron chi connectivity index (χ4n) is 3.76. The molecule has 152 valence electrons. The lowest BCUT2D eigenvalue weighted by Gasteiger charge is -2.37. The number of piperazine rings is 1. The number of aromatic amines is 1. The van der Waals surface area contributed by atoms with Crippen molar-refractivity contribution in [1.82, 2.24) is 14.8 Å². The molecule has 6 nitrogen and oxygen atoms in total. The molecule has 28 heavy (non-hydrogen) atoms. The number of carbonyl (C=O) groups excluding carboxylic acids is 1. The first-order valence-electron chi connectivity index (χ1n) is 9.95. The number of nitrogens with zero attached hydrogens (tertiary/aromatic N) is 2. The second-order valence-corrected chi connectivity index (χ2v) is 8.79. The van der Waals surface area contributed by atoms with Crippen LogP contribution in [-0.2, 0) is 11.2 Å². The number of carbonyl (C=O) groups is 1. The quantitative estimate of drug-likeness (QED) is 0.859. The Labute approximate surface area is 166 Å². The molecular formula is C22H31N3O3. The number of fused-ring (bicyclic) bond motifs is 1. The van der Waals surface area contributed by atoms with Gasteiger partial charge in [0.05, 0.1) is 12.6 Å². The Hall–Kier alpha value is -2.34. The Kier molecular flexibility index (Phi) is 6.08. The van der Waals surface area contributed by atoms with Crippen molar-refractivity contribution in [3.63, 3.8) is 0 Å². The van der Waals surface area contributed by atoms with Crippen molar-refractivity contribution in [2.75, 3.05) is 39.8 Å². The number of methoxy groups -OCH3 is 1. The minimum absolute atomic E-state index is 0.129. The van der Waals surface area contributed by atoms with Gasteiger partial charge in [0.1, 0.15) is 5.75 Å². The van der Waals surface area contributed by atoms with Gasteiger partial charge in [-0.15, -0.1) is 0 Å². The normalized spacial score (nSPS) is 15.8. The number of aromatic nitrogens is 1. The largest absolute Gasteiger partial charge is 0.497 e. The third-order valence-electron chi connectivity index (χ3n) is 5.16. The molecule has 1 fully saturated rings. The van der Waals surface area contributed by atoms with Crippen LogP contribution in [0.2, 0.25) is 0 Å². The van der Waals surface area contributed by atoms with Crippen LogP contribution in [0.25, 0.3) is 10.9 Å². The molecule has 0 aliphatic carbocycles. The topological polar surface area (TPSA) is 65.6 Å². The molecule has 2 heterocycles. The van der Waals surface area contributed by atoms with Crippen LogP contribution in [0.5, 0.6) is 5.75 Å². The summed E-state index contributed by atoms with van der Waals surface area (Å²) in [6, 6.07) is 7.47. The van der Waals surface area contributed by atoms with Crippen molar-refractivity contribution in [2.24, 2.45) is 5.41 Å². The Morgan fingerprint density at radius 3 is 2.50 bits per heavy atom. The highest BCUT2D eigenvalue weighted by molar-refractivity contribution is 5.81. The summed E-state index contributed by atoms with van der Waals surface area (Å²) in [6.07, 6.45) is 0.822. The molecule has 6 heteroatoms. The van der Waals surface area contributed by atoms with Gasteiger partial charge in [-0.1, -0.05) is 20.8 Å². The van der Waals surface area contributed by atoms with E-state index in [0.29, 0.717) is 24.2 Å². The van der Waals surface area contributed by atoms with Crippen LogP contribution in [0.15, 0.2) is 29.1 Å². The number of hydrogen-bond donors (Lipinski definition) is 1. The maximum atomic E-state index is 12.6. The van der Waals surface area contributed by atoms with E-state index >= 15 is 0 Å². The zero-order valence-electron chi connectivity index (χ0n) is 17.4. The molecule has 0 spiro atoms. The molecule has 0 atom stereocenters. The first-order valence-corrected chi connectivity index (χ1v) is 9.95. The minimum Gasteiger partial charge on any atom is -0.497 e. The first-order chi connectivity index (χ1) is 13.2. The van der Waals surface area contributed by atoms with Crippen molar-refractivity contribution >= 4 is 16.8 Å². The van der Waals surface area contributed by atoms with E-state index < -0.39 is 0 Å². The summed E-state index contributed by atoms with van der Waals surface area (Å²) in [4.78, 5) is 32.2. The molecule has 1 amide bonds. The minimum atomic E-state index is -0.136. The summed E-state index contributed by atoms with van der Waals surface area (Å²) in [5.41, 5.74) is 1.53. The molecule has 1 aromatic heterocycles. The zero-order chi connectivity index (χ0) is 20.3. The lowest BCUT2D eigenvalue weighted by molar-refractivity contribution is -0.133. The molecule has 1 N–H and O–H groups in total. The fourth-order valence-corrected chi connectivity index (χ4v) is 3.76. The Balaban J connectivity index is 1.58. The molecule has 0 bridgehead atoms. The van der Waals surface area contributed by atoms with Crippen LogP contribution in [0, 0.1) is 5.41 Å². The lowest BCUT2D eigenvalue weighted by Crippen LogP contribution is -2.50. The number of hydrogen-bond acceptors (Lipinski definition) is 4. The Bertz CT molecular complexity index is 890. The molecule has 1 saturated heterocycles. The number of pyridine rings is 1. The van der Waals surface area contributed by atoms with Crippen LogP contribution in [0.4, 0.5) is 0 Å². The first kappa shape index (κ1) is 20.4. The molecule has 1 aromatic carbocycles. The van der Waals surface area contributed by atoms with Gasteiger partial charge in [0.2, 0.25) is 5.91 Å². The van der Waals surface area contributed by atoms with Gasteiger partial charge in [-0.2, -0.15) is 0 Å². The molecule has 0 radical (unpaired) electrons. The third-order valence-corrected chi connectivity index (χ3v) is 5.16. The van der Waals surface area contributed by atoms with Crippen LogP contribution >= 0.6 is 0 Å². The number of benzene rings is 1. The molecule has 0 saturated carbocycles. The summed E-state index contributed by atoms with van der Waals surface area (Å²) in [6.45, 7) is 11.1. The third kappa shape index (κ3) is 5.13. The number of aryl methyl sites for hydroxylation is 1. The van der Waals surface area contributed by atoms with E-state index in [9.17, 15) is 9.59 Å². The summed E-state index contributed by atoms with van der Waals surface area (Å²) in [5.74, 6) is 0.835. The predicted molar refractivity (Wildman–Crippen MR) is 112 cm³/mol. The number of H-pyrrole nitrogens is 1. The van der Waals surface area contributed by atoms with Crippen LogP contribution in [-0.4, -0.2) is 60.5 Å². The van der Waals surface area contributed by atoms with E-state index in [1.165, 1.54) is 0 Å². The molecule has 3 rings (SSSR count). The number of nitrogens with one attached hydrogen (secondary N) is 1. The highest BCUT2D eigenvalue weighted by Gasteiger charge is 2.24. The summed E-state index contributed by atoms with van der Waals surface area (Å²) in [7, 11) is 1.60. The van der Waals surface area contributed by atoms with Crippen LogP contribution in [0.1, 0.15) is 32.8 Å². The maximum Gasteiger partial charge on any atom is 0.251 e. The van der Waals surface area contributed by atoms with Crippen molar-refractivity contribution < 1.29 is 9.53 Å². The monoisotopic (exact) mass is 385 g/mol. The van der Waals surface area contributed by atoms with Crippen molar-refractivity contribution in [1.29, 1.82) is 0 Å². The van der Waals surface area contributed by atoms with Crippen molar-refractivity contribution in [3.8, 4) is 5.75 Å².